The number of carbonyl (C=O) groups excluding carboxylic acids is 2. The topological polar surface area (TPSA) is 78.7 Å². The van der Waals surface area contributed by atoms with Gasteiger partial charge in [-0.3, -0.25) is 9.59 Å². The summed E-state index contributed by atoms with van der Waals surface area (Å²) in [6, 6.07) is 13.9. The minimum atomic E-state index is -0.217. The van der Waals surface area contributed by atoms with Gasteiger partial charge < -0.3 is 14.9 Å². The van der Waals surface area contributed by atoms with E-state index < -0.39 is 0 Å². The molecule has 0 atom stereocenters. The van der Waals surface area contributed by atoms with Gasteiger partial charge in [-0.2, -0.15) is 5.10 Å². The number of rotatable bonds is 3. The van der Waals surface area contributed by atoms with Gasteiger partial charge in [-0.25, -0.2) is 4.68 Å². The number of phenolic OH excluding ortho intramolecular Hbond substituents is 1. The lowest BCUT2D eigenvalue weighted by atomic mass is 10.1. The molecule has 2 amide bonds. The highest BCUT2D eigenvalue weighted by molar-refractivity contribution is 9.10. The Labute approximate surface area is 189 Å². The zero-order valence-corrected chi connectivity index (χ0v) is 19.0. The summed E-state index contributed by atoms with van der Waals surface area (Å²) >= 11 is 3.53. The maximum atomic E-state index is 12.9. The average molecular weight is 483 g/mol. The minimum Gasteiger partial charge on any atom is -0.507 e. The number of aryl methyl sites for hydroxylation is 1. The van der Waals surface area contributed by atoms with Gasteiger partial charge in [0.2, 0.25) is 0 Å². The van der Waals surface area contributed by atoms with Crippen LogP contribution in [0, 0.1) is 13.8 Å². The molecule has 3 aromatic rings. The molecule has 0 aliphatic carbocycles. The molecule has 0 bridgehead atoms. The number of halogens is 1. The van der Waals surface area contributed by atoms with E-state index in [9.17, 15) is 14.7 Å². The summed E-state index contributed by atoms with van der Waals surface area (Å²) in [4.78, 5) is 29.0. The van der Waals surface area contributed by atoms with Gasteiger partial charge in [-0.1, -0.05) is 12.1 Å². The molecule has 1 fully saturated rings. The number of benzene rings is 2. The number of aromatic hydroxyl groups is 1. The number of amides is 2. The van der Waals surface area contributed by atoms with Crippen LogP contribution < -0.4 is 0 Å². The molecule has 1 aromatic heterocycles. The van der Waals surface area contributed by atoms with Gasteiger partial charge >= 0.3 is 0 Å². The summed E-state index contributed by atoms with van der Waals surface area (Å²) < 4.78 is 2.82. The molecule has 0 radical (unpaired) electrons. The Balaban J connectivity index is 1.41. The first-order valence-corrected chi connectivity index (χ1v) is 10.8. The monoisotopic (exact) mass is 482 g/mol. The highest BCUT2D eigenvalue weighted by atomic mass is 79.9. The Bertz CT molecular complexity index is 1130. The van der Waals surface area contributed by atoms with Crippen molar-refractivity contribution in [2.75, 3.05) is 26.2 Å². The van der Waals surface area contributed by atoms with Crippen molar-refractivity contribution >= 4 is 27.7 Å². The molecule has 7 nitrogen and oxygen atoms in total. The van der Waals surface area contributed by atoms with E-state index in [-0.39, 0.29) is 23.1 Å². The van der Waals surface area contributed by atoms with Gasteiger partial charge in [0.1, 0.15) is 5.75 Å². The van der Waals surface area contributed by atoms with Crippen LogP contribution in [0.4, 0.5) is 0 Å². The van der Waals surface area contributed by atoms with E-state index in [0.717, 1.165) is 21.5 Å². The maximum Gasteiger partial charge on any atom is 0.257 e. The third kappa shape index (κ3) is 4.07. The molecule has 0 saturated carbocycles. The van der Waals surface area contributed by atoms with Gasteiger partial charge in [-0.05, 0) is 66.2 Å². The van der Waals surface area contributed by atoms with Gasteiger partial charge in [0.05, 0.1) is 27.1 Å². The number of phenols is 1. The number of hydrogen-bond acceptors (Lipinski definition) is 4. The van der Waals surface area contributed by atoms with Crippen molar-refractivity contribution in [3.63, 3.8) is 0 Å². The van der Waals surface area contributed by atoms with Crippen LogP contribution in [0.1, 0.15) is 32.1 Å². The number of para-hydroxylation sites is 1. The van der Waals surface area contributed by atoms with Crippen LogP contribution >= 0.6 is 15.9 Å². The van der Waals surface area contributed by atoms with E-state index in [1.165, 1.54) is 6.07 Å². The zero-order valence-electron chi connectivity index (χ0n) is 17.4. The third-order valence-corrected chi connectivity index (χ3v) is 6.70. The molecule has 4 rings (SSSR count). The van der Waals surface area contributed by atoms with Gasteiger partial charge in [0.25, 0.3) is 11.8 Å². The van der Waals surface area contributed by atoms with Crippen molar-refractivity contribution < 1.29 is 14.7 Å². The van der Waals surface area contributed by atoms with Crippen molar-refractivity contribution in [1.29, 1.82) is 0 Å². The highest BCUT2D eigenvalue weighted by Gasteiger charge is 2.26. The van der Waals surface area contributed by atoms with Gasteiger partial charge in [-0.15, -0.1) is 0 Å². The number of aromatic nitrogens is 2. The molecule has 0 unspecified atom stereocenters. The Morgan fingerprint density at radius 3 is 2.03 bits per heavy atom. The molecule has 1 aliphatic heterocycles. The summed E-state index contributed by atoms with van der Waals surface area (Å²) in [6.07, 6.45) is 0. The summed E-state index contributed by atoms with van der Waals surface area (Å²) in [5.74, 6) is -0.304. The molecule has 1 aliphatic rings. The Morgan fingerprint density at radius 2 is 1.48 bits per heavy atom. The van der Waals surface area contributed by atoms with Crippen molar-refractivity contribution in [2.45, 2.75) is 13.8 Å². The standard InChI is InChI=1S/C23H23BrN4O3/c1-15-21(24)16(2)28(25-15)18-9-7-17(8-10-18)22(30)26-11-13-27(14-12-26)23(31)19-5-3-4-6-20(19)29/h3-10,29H,11-14H2,1-2H3. The van der Waals surface area contributed by atoms with Crippen molar-refractivity contribution in [3.05, 3.63) is 75.5 Å². The van der Waals surface area contributed by atoms with Gasteiger partial charge in [0.15, 0.2) is 0 Å². The van der Waals surface area contributed by atoms with Crippen LogP contribution in [-0.4, -0.2) is 62.7 Å². The van der Waals surface area contributed by atoms with Crippen molar-refractivity contribution in [3.8, 4) is 11.4 Å². The maximum absolute atomic E-state index is 12.9. The van der Waals surface area contributed by atoms with Crippen LogP contribution in [0.15, 0.2) is 53.0 Å². The van der Waals surface area contributed by atoms with E-state index in [2.05, 4.69) is 21.0 Å². The van der Waals surface area contributed by atoms with E-state index >= 15 is 0 Å². The summed E-state index contributed by atoms with van der Waals surface area (Å²) in [6.45, 7) is 5.68. The van der Waals surface area contributed by atoms with Crippen LogP contribution in [0.5, 0.6) is 5.75 Å². The number of hydrogen-bond donors (Lipinski definition) is 1. The van der Waals surface area contributed by atoms with Crippen molar-refractivity contribution in [2.24, 2.45) is 0 Å². The second-order valence-corrected chi connectivity index (χ2v) is 8.34. The molecule has 8 heteroatoms. The molecular formula is C23H23BrN4O3. The Hall–Kier alpha value is -3.13. The summed E-state index contributed by atoms with van der Waals surface area (Å²) in [5.41, 5.74) is 3.69. The molecule has 2 heterocycles. The molecule has 2 aromatic carbocycles. The lowest BCUT2D eigenvalue weighted by Gasteiger charge is -2.35. The second kappa shape index (κ2) is 8.55. The lowest BCUT2D eigenvalue weighted by molar-refractivity contribution is 0.0533. The van der Waals surface area contributed by atoms with E-state index in [0.29, 0.717) is 31.7 Å². The molecular weight excluding hydrogens is 460 g/mol. The Morgan fingerprint density at radius 1 is 0.903 bits per heavy atom. The molecule has 31 heavy (non-hydrogen) atoms. The molecule has 160 valence electrons. The SMILES string of the molecule is Cc1nn(-c2ccc(C(=O)N3CCN(C(=O)c4ccccc4O)CC3)cc2)c(C)c1Br. The third-order valence-electron chi connectivity index (χ3n) is 5.55. The number of nitrogens with zero attached hydrogens (tertiary/aromatic N) is 4. The second-order valence-electron chi connectivity index (χ2n) is 7.55. The van der Waals surface area contributed by atoms with E-state index in [4.69, 9.17) is 0 Å². The molecule has 1 N–H and O–H groups in total. The summed E-state index contributed by atoms with van der Waals surface area (Å²) in [7, 11) is 0. The van der Waals surface area contributed by atoms with Crippen LogP contribution in [0.3, 0.4) is 0 Å². The first kappa shape index (κ1) is 21.1. The minimum absolute atomic E-state index is 0.0271. The van der Waals surface area contributed by atoms with Crippen LogP contribution in [-0.2, 0) is 0 Å². The lowest BCUT2D eigenvalue weighted by Crippen LogP contribution is -2.50. The molecule has 1 saturated heterocycles. The Kier molecular flexibility index (Phi) is 5.82. The normalized spacial score (nSPS) is 14.0. The van der Waals surface area contributed by atoms with E-state index in [1.807, 2.05) is 42.8 Å². The number of carbonyl (C=O) groups is 2. The van der Waals surface area contributed by atoms with Crippen LogP contribution in [0.25, 0.3) is 5.69 Å². The fraction of sp³-hybridized carbons (Fsp3) is 0.261. The fourth-order valence-corrected chi connectivity index (χ4v) is 3.99. The predicted octanol–water partition coefficient (Wildman–Crippen LogP) is 3.56. The zero-order chi connectivity index (χ0) is 22.1. The highest BCUT2D eigenvalue weighted by Crippen LogP contribution is 2.23. The summed E-state index contributed by atoms with van der Waals surface area (Å²) in [5, 5.41) is 14.4. The van der Waals surface area contributed by atoms with E-state index in [1.54, 1.807) is 28.0 Å². The smallest absolute Gasteiger partial charge is 0.257 e. The number of piperazine rings is 1. The predicted molar refractivity (Wildman–Crippen MR) is 121 cm³/mol. The fourth-order valence-electron chi connectivity index (χ4n) is 3.74. The average Bonchev–Trinajstić information content (AvgIpc) is 3.06. The van der Waals surface area contributed by atoms with Gasteiger partial charge in [0, 0.05) is 31.7 Å². The first-order chi connectivity index (χ1) is 14.9. The van der Waals surface area contributed by atoms with Crippen molar-refractivity contribution in [1.82, 2.24) is 19.6 Å². The van der Waals surface area contributed by atoms with Crippen LogP contribution in [0.2, 0.25) is 0 Å². The largest absolute Gasteiger partial charge is 0.507 e. The first-order valence-electron chi connectivity index (χ1n) is 10.1. The quantitative estimate of drug-likeness (QED) is 0.618. The molecule has 0 spiro atoms.